The van der Waals surface area contributed by atoms with Gasteiger partial charge in [-0.05, 0) is 50.1 Å². The highest BCUT2D eigenvalue weighted by Gasteiger charge is 2.29. The van der Waals surface area contributed by atoms with Crippen molar-refractivity contribution in [1.82, 2.24) is 9.55 Å². The van der Waals surface area contributed by atoms with E-state index in [1.54, 1.807) is 0 Å². The molecule has 3 unspecified atom stereocenters. The number of alkyl halides is 1. The lowest BCUT2D eigenvalue weighted by molar-refractivity contribution is 0.511. The Morgan fingerprint density at radius 1 is 1.43 bits per heavy atom. The second-order valence-corrected chi connectivity index (χ2v) is 8.30. The van der Waals surface area contributed by atoms with Gasteiger partial charge < -0.3 is 4.57 Å². The molecule has 3 rings (SSSR count). The summed E-state index contributed by atoms with van der Waals surface area (Å²) in [5.74, 6) is 2.16. The van der Waals surface area contributed by atoms with E-state index in [0.717, 1.165) is 27.1 Å². The van der Waals surface area contributed by atoms with Crippen LogP contribution in [-0.2, 0) is 0 Å². The summed E-state index contributed by atoms with van der Waals surface area (Å²) in [4.78, 5) is 4.73. The summed E-state index contributed by atoms with van der Waals surface area (Å²) in [6, 6.07) is 6.46. The fraction of sp³-hybridized carbons (Fsp3) is 0.562. The van der Waals surface area contributed by atoms with Gasteiger partial charge in [0.15, 0.2) is 0 Å². The molecule has 0 N–H and O–H groups in total. The largest absolute Gasteiger partial charge is 0.324 e. The number of thioether (sulfide) groups is 1. The summed E-state index contributed by atoms with van der Waals surface area (Å²) in [5, 5.41) is 1.41. The zero-order chi connectivity index (χ0) is 15.0. The minimum atomic E-state index is -0.0888. The van der Waals surface area contributed by atoms with Crippen LogP contribution < -0.4 is 0 Å². The Morgan fingerprint density at radius 3 is 2.95 bits per heavy atom. The van der Waals surface area contributed by atoms with Crippen LogP contribution in [0.5, 0.6) is 0 Å². The molecule has 0 bridgehead atoms. The highest BCUT2D eigenvalue weighted by atomic mass is 35.5. The molecular formula is C16H20Cl2N2S. The van der Waals surface area contributed by atoms with Gasteiger partial charge in [-0.25, -0.2) is 4.98 Å². The number of imidazole rings is 1. The maximum Gasteiger partial charge on any atom is 0.127 e. The van der Waals surface area contributed by atoms with Crippen LogP contribution in [0, 0.1) is 0 Å². The summed E-state index contributed by atoms with van der Waals surface area (Å²) >= 11 is 14.5. The van der Waals surface area contributed by atoms with Crippen LogP contribution in [-0.4, -0.2) is 20.6 Å². The molecule has 21 heavy (non-hydrogen) atoms. The number of benzene rings is 1. The molecule has 0 amide bonds. The van der Waals surface area contributed by atoms with Crippen molar-refractivity contribution in [2.75, 3.05) is 5.75 Å². The summed E-state index contributed by atoms with van der Waals surface area (Å²) in [6.45, 7) is 4.23. The number of rotatable bonds is 4. The molecular weight excluding hydrogens is 323 g/mol. The molecule has 1 aliphatic rings. The molecule has 1 aliphatic carbocycles. The van der Waals surface area contributed by atoms with Gasteiger partial charge in [-0.2, -0.15) is 11.8 Å². The fourth-order valence-electron chi connectivity index (χ4n) is 3.29. The molecule has 5 heteroatoms. The molecule has 0 radical (unpaired) electrons. The van der Waals surface area contributed by atoms with Crippen LogP contribution >= 0.6 is 35.0 Å². The van der Waals surface area contributed by atoms with Crippen molar-refractivity contribution in [3.8, 4) is 0 Å². The lowest BCUT2D eigenvalue weighted by Gasteiger charge is -2.18. The topological polar surface area (TPSA) is 17.8 Å². The predicted octanol–water partition coefficient (Wildman–Crippen LogP) is 5.84. The van der Waals surface area contributed by atoms with E-state index in [1.165, 1.54) is 25.0 Å². The van der Waals surface area contributed by atoms with Crippen molar-refractivity contribution in [2.24, 2.45) is 0 Å². The first-order valence-corrected chi connectivity index (χ1v) is 9.39. The fourth-order valence-corrected chi connectivity index (χ4v) is 4.75. The maximum atomic E-state index is 6.37. The smallest absolute Gasteiger partial charge is 0.127 e. The van der Waals surface area contributed by atoms with Gasteiger partial charge >= 0.3 is 0 Å². The molecule has 1 heterocycles. The molecule has 2 nitrogen and oxygen atoms in total. The van der Waals surface area contributed by atoms with E-state index in [9.17, 15) is 0 Å². The van der Waals surface area contributed by atoms with E-state index < -0.39 is 0 Å². The van der Waals surface area contributed by atoms with Crippen molar-refractivity contribution >= 4 is 46.0 Å². The highest BCUT2D eigenvalue weighted by molar-refractivity contribution is 7.99. The lowest BCUT2D eigenvalue weighted by atomic mass is 10.2. The van der Waals surface area contributed by atoms with Crippen molar-refractivity contribution in [2.45, 2.75) is 49.8 Å². The molecule has 1 aromatic carbocycles. The minimum Gasteiger partial charge on any atom is -0.324 e. The van der Waals surface area contributed by atoms with Gasteiger partial charge in [0, 0.05) is 16.3 Å². The Balaban J connectivity index is 2.02. The standard InChI is InChI=1S/C16H20Cl2N2S/c1-3-21-13-6-5-12(9-13)20-15-7-4-11(18)8-14(15)19-16(20)10(2)17/h4,7-8,10,12-13H,3,5-6,9H2,1-2H3. The number of aromatic nitrogens is 2. The molecule has 0 spiro atoms. The Kier molecular flexibility index (Phi) is 4.72. The Morgan fingerprint density at radius 2 is 2.24 bits per heavy atom. The molecule has 2 aromatic rings. The average molecular weight is 343 g/mol. The van der Waals surface area contributed by atoms with Crippen LogP contribution in [0.25, 0.3) is 11.0 Å². The Labute approximate surface area is 140 Å². The van der Waals surface area contributed by atoms with E-state index in [1.807, 2.05) is 19.1 Å². The minimum absolute atomic E-state index is 0.0888. The second-order valence-electron chi connectivity index (χ2n) is 5.63. The summed E-state index contributed by atoms with van der Waals surface area (Å²) in [6.07, 6.45) is 3.71. The van der Waals surface area contributed by atoms with E-state index in [4.69, 9.17) is 28.2 Å². The van der Waals surface area contributed by atoms with E-state index in [2.05, 4.69) is 29.3 Å². The Bertz CT molecular complexity index is 638. The van der Waals surface area contributed by atoms with Crippen molar-refractivity contribution in [3.63, 3.8) is 0 Å². The molecule has 114 valence electrons. The van der Waals surface area contributed by atoms with Crippen molar-refractivity contribution < 1.29 is 0 Å². The van der Waals surface area contributed by atoms with Gasteiger partial charge in [-0.3, -0.25) is 0 Å². The SMILES string of the molecule is CCSC1CCC(n2c(C(C)Cl)nc3cc(Cl)ccc32)C1. The van der Waals surface area contributed by atoms with Gasteiger partial charge in [0.1, 0.15) is 5.82 Å². The molecule has 1 aromatic heterocycles. The number of hydrogen-bond donors (Lipinski definition) is 0. The summed E-state index contributed by atoms with van der Waals surface area (Å²) < 4.78 is 2.36. The maximum absolute atomic E-state index is 6.37. The van der Waals surface area contributed by atoms with Crippen LogP contribution in [0.3, 0.4) is 0 Å². The first kappa shape index (κ1) is 15.5. The molecule has 0 saturated heterocycles. The number of halogens is 2. The van der Waals surface area contributed by atoms with Crippen LogP contribution in [0.1, 0.15) is 50.4 Å². The second kappa shape index (κ2) is 6.39. The zero-order valence-corrected chi connectivity index (χ0v) is 14.7. The van der Waals surface area contributed by atoms with E-state index >= 15 is 0 Å². The van der Waals surface area contributed by atoms with Gasteiger partial charge in [0.2, 0.25) is 0 Å². The monoisotopic (exact) mass is 342 g/mol. The van der Waals surface area contributed by atoms with Gasteiger partial charge in [0.25, 0.3) is 0 Å². The first-order chi connectivity index (χ1) is 10.1. The van der Waals surface area contributed by atoms with Gasteiger partial charge in [0.05, 0.1) is 16.4 Å². The van der Waals surface area contributed by atoms with Crippen molar-refractivity contribution in [1.29, 1.82) is 0 Å². The third-order valence-electron chi connectivity index (χ3n) is 4.16. The lowest BCUT2D eigenvalue weighted by Crippen LogP contribution is -2.11. The quantitative estimate of drug-likeness (QED) is 0.650. The Hall–Kier alpha value is -0.380. The average Bonchev–Trinajstić information content (AvgIpc) is 3.02. The first-order valence-electron chi connectivity index (χ1n) is 7.53. The van der Waals surface area contributed by atoms with Gasteiger partial charge in [-0.15, -0.1) is 11.6 Å². The van der Waals surface area contributed by atoms with Gasteiger partial charge in [-0.1, -0.05) is 18.5 Å². The molecule has 1 saturated carbocycles. The normalized spacial score (nSPS) is 23.8. The summed E-state index contributed by atoms with van der Waals surface area (Å²) in [7, 11) is 0. The predicted molar refractivity (Wildman–Crippen MR) is 93.8 cm³/mol. The third kappa shape index (κ3) is 3.06. The van der Waals surface area contributed by atoms with Crippen LogP contribution in [0.4, 0.5) is 0 Å². The number of fused-ring (bicyclic) bond motifs is 1. The molecule has 1 fully saturated rings. The van der Waals surface area contributed by atoms with Crippen LogP contribution in [0.15, 0.2) is 18.2 Å². The van der Waals surface area contributed by atoms with Crippen LogP contribution in [0.2, 0.25) is 5.02 Å². The number of nitrogens with zero attached hydrogens (tertiary/aromatic N) is 2. The molecule has 0 aliphatic heterocycles. The summed E-state index contributed by atoms with van der Waals surface area (Å²) in [5.41, 5.74) is 2.12. The van der Waals surface area contributed by atoms with Crippen molar-refractivity contribution in [3.05, 3.63) is 29.0 Å². The highest BCUT2D eigenvalue weighted by Crippen LogP contribution is 2.41. The van der Waals surface area contributed by atoms with E-state index in [-0.39, 0.29) is 5.38 Å². The van der Waals surface area contributed by atoms with E-state index in [0.29, 0.717) is 6.04 Å². The zero-order valence-electron chi connectivity index (χ0n) is 12.4. The number of hydrogen-bond acceptors (Lipinski definition) is 2. The molecule has 3 atom stereocenters. The third-order valence-corrected chi connectivity index (χ3v) is 5.82.